The maximum absolute atomic E-state index is 11.6. The molecule has 2 aromatic carbocycles. The zero-order valence-corrected chi connectivity index (χ0v) is 14.0. The summed E-state index contributed by atoms with van der Waals surface area (Å²) < 4.78 is 23.1. The van der Waals surface area contributed by atoms with E-state index in [1.54, 1.807) is 6.08 Å². The van der Waals surface area contributed by atoms with Gasteiger partial charge in [-0.15, -0.1) is 0 Å². The van der Waals surface area contributed by atoms with Crippen molar-refractivity contribution >= 4 is 17.2 Å². The molecule has 2 atom stereocenters. The maximum Gasteiger partial charge on any atom is 0.0648 e. The van der Waals surface area contributed by atoms with E-state index in [-0.39, 0.29) is 5.41 Å². The van der Waals surface area contributed by atoms with Crippen LogP contribution in [0.25, 0.3) is 6.08 Å². The average molecular weight is 313 g/mol. The van der Waals surface area contributed by atoms with Crippen LogP contribution in [0.15, 0.2) is 60.7 Å². The lowest BCUT2D eigenvalue weighted by Gasteiger charge is -2.21. The van der Waals surface area contributed by atoms with Crippen LogP contribution in [0.3, 0.4) is 0 Å². The van der Waals surface area contributed by atoms with Gasteiger partial charge in [0.15, 0.2) is 0 Å². The highest BCUT2D eigenvalue weighted by molar-refractivity contribution is 7.79. The molecule has 2 unspecified atom stereocenters. The number of hydrogen-bond donors (Lipinski definition) is 0. The van der Waals surface area contributed by atoms with Crippen molar-refractivity contribution < 1.29 is 8.76 Å². The minimum Gasteiger partial charge on any atom is -0.772 e. The first kappa shape index (κ1) is 16.7. The Hall–Kier alpha value is -1.71. The van der Waals surface area contributed by atoms with E-state index in [1.807, 2.05) is 60.7 Å². The van der Waals surface area contributed by atoms with Crippen molar-refractivity contribution in [2.45, 2.75) is 31.4 Å². The van der Waals surface area contributed by atoms with E-state index in [1.165, 1.54) is 5.56 Å². The minimum atomic E-state index is -2.19. The molecule has 0 spiro atoms. The first-order chi connectivity index (χ1) is 10.4. The topological polar surface area (TPSA) is 40.1 Å². The molecule has 0 saturated carbocycles. The molecule has 0 aliphatic rings. The first-order valence-corrected chi connectivity index (χ1v) is 8.43. The van der Waals surface area contributed by atoms with Gasteiger partial charge in [0, 0.05) is 0 Å². The Morgan fingerprint density at radius 2 is 1.59 bits per heavy atom. The van der Waals surface area contributed by atoms with Crippen LogP contribution in [0.5, 0.6) is 0 Å². The molecule has 0 bridgehead atoms. The molecule has 0 radical (unpaired) electrons. The average Bonchev–Trinajstić information content (AvgIpc) is 2.48. The molecular weight excluding hydrogens is 292 g/mol. The SMILES string of the molecule is CC(C)(C)c1ccc(C(C=Cc2ccccc2)S(=O)[O-])cc1. The van der Waals surface area contributed by atoms with Crippen molar-refractivity contribution in [3.63, 3.8) is 0 Å². The van der Waals surface area contributed by atoms with Gasteiger partial charge in [-0.25, -0.2) is 0 Å². The second kappa shape index (κ2) is 7.03. The van der Waals surface area contributed by atoms with Gasteiger partial charge in [-0.2, -0.15) is 0 Å². The molecule has 0 aliphatic carbocycles. The second-order valence-electron chi connectivity index (χ2n) is 6.32. The van der Waals surface area contributed by atoms with Crippen LogP contribution in [0.1, 0.15) is 42.7 Å². The summed E-state index contributed by atoms with van der Waals surface area (Å²) in [6.45, 7) is 6.42. The third-order valence-corrected chi connectivity index (χ3v) is 4.42. The Labute approximate surface area is 135 Å². The van der Waals surface area contributed by atoms with Crippen LogP contribution < -0.4 is 0 Å². The molecule has 0 N–H and O–H groups in total. The standard InChI is InChI=1S/C19H22O2S/c1-19(2,3)17-12-10-16(11-13-17)18(22(20)21)14-9-15-7-5-4-6-8-15/h4-14,18H,1-3H3,(H,20,21)/p-1. The predicted molar refractivity (Wildman–Crippen MR) is 92.3 cm³/mol. The van der Waals surface area contributed by atoms with Gasteiger partial charge in [-0.05, 0) is 33.2 Å². The van der Waals surface area contributed by atoms with Crippen LogP contribution in [-0.2, 0) is 16.5 Å². The molecule has 0 fully saturated rings. The first-order valence-electron chi connectivity index (χ1n) is 7.30. The van der Waals surface area contributed by atoms with E-state index in [0.717, 1.165) is 11.1 Å². The lowest BCUT2D eigenvalue weighted by atomic mass is 9.86. The van der Waals surface area contributed by atoms with Gasteiger partial charge in [-0.1, -0.05) is 87.5 Å². The van der Waals surface area contributed by atoms with Crippen LogP contribution >= 0.6 is 0 Å². The molecule has 2 nitrogen and oxygen atoms in total. The summed E-state index contributed by atoms with van der Waals surface area (Å²) in [6, 6.07) is 17.5. The van der Waals surface area contributed by atoms with Crippen molar-refractivity contribution in [1.82, 2.24) is 0 Å². The fourth-order valence-corrected chi connectivity index (χ4v) is 2.81. The smallest absolute Gasteiger partial charge is 0.0648 e. The largest absolute Gasteiger partial charge is 0.772 e. The lowest BCUT2D eigenvalue weighted by Crippen LogP contribution is -2.11. The molecule has 2 rings (SSSR count). The zero-order chi connectivity index (χ0) is 16.2. The van der Waals surface area contributed by atoms with E-state index < -0.39 is 16.3 Å². The maximum atomic E-state index is 11.6. The third-order valence-electron chi connectivity index (χ3n) is 3.58. The predicted octanol–water partition coefficient (Wildman–Crippen LogP) is 4.62. The molecule has 22 heavy (non-hydrogen) atoms. The fraction of sp³-hybridized carbons (Fsp3) is 0.263. The van der Waals surface area contributed by atoms with Crippen molar-refractivity contribution in [3.8, 4) is 0 Å². The van der Waals surface area contributed by atoms with Gasteiger partial charge in [0.25, 0.3) is 0 Å². The van der Waals surface area contributed by atoms with E-state index in [2.05, 4.69) is 20.8 Å². The molecule has 2 aromatic rings. The molecular formula is C19H21O2S-. The fourth-order valence-electron chi connectivity index (χ4n) is 2.22. The monoisotopic (exact) mass is 313 g/mol. The quantitative estimate of drug-likeness (QED) is 0.773. The molecule has 116 valence electrons. The Kier molecular flexibility index (Phi) is 5.33. The summed E-state index contributed by atoms with van der Waals surface area (Å²) in [5, 5.41) is -0.630. The molecule has 0 aliphatic heterocycles. The Morgan fingerprint density at radius 1 is 1.00 bits per heavy atom. The van der Waals surface area contributed by atoms with Crippen molar-refractivity contribution in [1.29, 1.82) is 0 Å². The zero-order valence-electron chi connectivity index (χ0n) is 13.2. The van der Waals surface area contributed by atoms with E-state index >= 15 is 0 Å². The Morgan fingerprint density at radius 3 is 2.09 bits per heavy atom. The summed E-state index contributed by atoms with van der Waals surface area (Å²) in [6.07, 6.45) is 3.57. The number of hydrogen-bond acceptors (Lipinski definition) is 2. The van der Waals surface area contributed by atoms with Gasteiger partial charge < -0.3 is 4.55 Å². The van der Waals surface area contributed by atoms with Gasteiger partial charge in [0.05, 0.1) is 5.25 Å². The highest BCUT2D eigenvalue weighted by atomic mass is 32.2. The number of rotatable bonds is 4. The lowest BCUT2D eigenvalue weighted by molar-refractivity contribution is 0.531. The van der Waals surface area contributed by atoms with Crippen LogP contribution in [0.4, 0.5) is 0 Å². The van der Waals surface area contributed by atoms with E-state index in [4.69, 9.17) is 0 Å². The van der Waals surface area contributed by atoms with E-state index in [0.29, 0.717) is 0 Å². The third kappa shape index (κ3) is 4.39. The minimum absolute atomic E-state index is 0.0600. The molecule has 0 saturated heterocycles. The Balaban J connectivity index is 2.25. The highest BCUT2D eigenvalue weighted by Crippen LogP contribution is 2.26. The summed E-state index contributed by atoms with van der Waals surface area (Å²) in [5.74, 6) is 0. The summed E-state index contributed by atoms with van der Waals surface area (Å²) in [7, 11) is 0. The van der Waals surface area contributed by atoms with Gasteiger partial charge in [0.2, 0.25) is 0 Å². The van der Waals surface area contributed by atoms with Crippen molar-refractivity contribution in [2.24, 2.45) is 0 Å². The molecule has 3 heteroatoms. The molecule has 0 heterocycles. The molecule has 0 aromatic heterocycles. The van der Waals surface area contributed by atoms with Gasteiger partial charge in [0.1, 0.15) is 0 Å². The number of benzene rings is 2. The van der Waals surface area contributed by atoms with Crippen LogP contribution in [0.2, 0.25) is 0 Å². The van der Waals surface area contributed by atoms with Crippen molar-refractivity contribution in [3.05, 3.63) is 77.4 Å². The molecule has 0 amide bonds. The normalized spacial score (nSPS) is 14.9. The summed E-state index contributed by atoms with van der Waals surface area (Å²) >= 11 is -2.19. The van der Waals surface area contributed by atoms with E-state index in [9.17, 15) is 8.76 Å². The van der Waals surface area contributed by atoms with Gasteiger partial charge in [-0.3, -0.25) is 4.21 Å². The Bertz CT molecular complexity index is 652. The van der Waals surface area contributed by atoms with Gasteiger partial charge >= 0.3 is 0 Å². The second-order valence-corrected chi connectivity index (χ2v) is 7.35. The van der Waals surface area contributed by atoms with Crippen molar-refractivity contribution in [2.75, 3.05) is 0 Å². The summed E-state index contributed by atoms with van der Waals surface area (Å²) in [4.78, 5) is 0. The highest BCUT2D eigenvalue weighted by Gasteiger charge is 2.15. The van der Waals surface area contributed by atoms with Crippen LogP contribution in [0, 0.1) is 0 Å². The van der Waals surface area contributed by atoms with Crippen LogP contribution in [-0.4, -0.2) is 8.76 Å². The summed E-state index contributed by atoms with van der Waals surface area (Å²) in [5.41, 5.74) is 3.03.